The molecule has 1 aromatic rings. The summed E-state index contributed by atoms with van der Waals surface area (Å²) in [5, 5.41) is 2.89. The Kier molecular flexibility index (Phi) is 4.81. The summed E-state index contributed by atoms with van der Waals surface area (Å²) in [6, 6.07) is 7.39. The van der Waals surface area contributed by atoms with Crippen LogP contribution < -0.4 is 14.8 Å². The van der Waals surface area contributed by atoms with Crippen LogP contribution in [-0.2, 0) is 4.79 Å². The van der Waals surface area contributed by atoms with Gasteiger partial charge in [0, 0.05) is 17.0 Å². The van der Waals surface area contributed by atoms with E-state index in [9.17, 15) is 4.79 Å². The van der Waals surface area contributed by atoms with Gasteiger partial charge in [-0.25, -0.2) is 0 Å². The van der Waals surface area contributed by atoms with E-state index in [0.717, 1.165) is 5.75 Å². The van der Waals surface area contributed by atoms with E-state index in [1.165, 1.54) is 0 Å². The highest BCUT2D eigenvalue weighted by Crippen LogP contribution is 2.30. The van der Waals surface area contributed by atoms with Crippen LogP contribution >= 0.6 is 11.8 Å². The average Bonchev–Trinajstić information content (AvgIpc) is 2.42. The highest BCUT2D eigenvalue weighted by Gasteiger charge is 2.26. The Labute approximate surface area is 124 Å². The van der Waals surface area contributed by atoms with Crippen LogP contribution in [0.2, 0.25) is 0 Å². The molecule has 2 rings (SSSR count). The zero-order chi connectivity index (χ0) is 14.6. The predicted molar refractivity (Wildman–Crippen MR) is 81.6 cm³/mol. The number of benzene rings is 1. The topological polar surface area (TPSA) is 47.6 Å². The molecule has 0 bridgehead atoms. The molecule has 1 amide bonds. The first-order valence-electron chi connectivity index (χ1n) is 6.76. The quantitative estimate of drug-likeness (QED) is 0.867. The molecule has 0 fully saturated rings. The standard InChI is InChI=1S/C15H21NO3S/c1-15(2,3)20-9-8-16-14(17)13-10-18-11-6-4-5-7-12(11)19-13/h4-7,13H,8-10H2,1-3H3,(H,16,17)/t13-/m1/s1. The number of fused-ring (bicyclic) bond motifs is 1. The second-order valence-corrected chi connectivity index (χ2v) is 7.54. The zero-order valence-corrected chi connectivity index (χ0v) is 13.0. The van der Waals surface area contributed by atoms with Crippen molar-refractivity contribution in [2.75, 3.05) is 18.9 Å². The minimum atomic E-state index is -0.565. The second kappa shape index (κ2) is 6.39. The van der Waals surface area contributed by atoms with Crippen LogP contribution in [0, 0.1) is 0 Å². The number of para-hydroxylation sites is 2. The van der Waals surface area contributed by atoms with Crippen molar-refractivity contribution in [3.05, 3.63) is 24.3 Å². The van der Waals surface area contributed by atoms with Gasteiger partial charge in [-0.3, -0.25) is 4.79 Å². The van der Waals surface area contributed by atoms with Crippen LogP contribution in [0.15, 0.2) is 24.3 Å². The molecule has 20 heavy (non-hydrogen) atoms. The first-order chi connectivity index (χ1) is 9.46. The van der Waals surface area contributed by atoms with Crippen LogP contribution in [0.3, 0.4) is 0 Å². The molecule has 5 heteroatoms. The molecule has 1 aliphatic heterocycles. The van der Waals surface area contributed by atoms with E-state index in [1.54, 1.807) is 0 Å². The lowest BCUT2D eigenvalue weighted by atomic mass is 10.2. The molecule has 1 atom stereocenters. The van der Waals surface area contributed by atoms with Gasteiger partial charge >= 0.3 is 0 Å². The van der Waals surface area contributed by atoms with Gasteiger partial charge in [0.15, 0.2) is 11.5 Å². The Balaban J connectivity index is 1.77. The maximum absolute atomic E-state index is 12.0. The third kappa shape index (κ3) is 4.34. The predicted octanol–water partition coefficient (Wildman–Crippen LogP) is 2.47. The van der Waals surface area contributed by atoms with Crippen molar-refractivity contribution >= 4 is 17.7 Å². The van der Waals surface area contributed by atoms with Gasteiger partial charge in [0.25, 0.3) is 5.91 Å². The summed E-state index contributed by atoms with van der Waals surface area (Å²) in [6.45, 7) is 7.38. The highest BCUT2D eigenvalue weighted by atomic mass is 32.2. The maximum Gasteiger partial charge on any atom is 0.264 e. The van der Waals surface area contributed by atoms with Gasteiger partial charge < -0.3 is 14.8 Å². The van der Waals surface area contributed by atoms with Gasteiger partial charge in [0.1, 0.15) is 6.61 Å². The largest absolute Gasteiger partial charge is 0.485 e. The zero-order valence-electron chi connectivity index (χ0n) is 12.1. The lowest BCUT2D eigenvalue weighted by molar-refractivity contribution is -0.130. The number of amides is 1. The van der Waals surface area contributed by atoms with Gasteiger partial charge in [0.2, 0.25) is 6.10 Å². The number of nitrogens with one attached hydrogen (secondary N) is 1. The minimum absolute atomic E-state index is 0.117. The number of rotatable bonds is 4. The maximum atomic E-state index is 12.0. The fraction of sp³-hybridized carbons (Fsp3) is 0.533. The molecule has 0 spiro atoms. The van der Waals surface area contributed by atoms with Gasteiger partial charge in [-0.2, -0.15) is 11.8 Å². The van der Waals surface area contributed by atoms with Gasteiger partial charge in [-0.05, 0) is 12.1 Å². The molecule has 110 valence electrons. The van der Waals surface area contributed by atoms with E-state index in [0.29, 0.717) is 18.0 Å². The normalized spacial score (nSPS) is 17.6. The van der Waals surface area contributed by atoms with Crippen LogP contribution in [0.5, 0.6) is 11.5 Å². The summed E-state index contributed by atoms with van der Waals surface area (Å²) in [5.41, 5.74) is 0. The third-order valence-electron chi connectivity index (χ3n) is 2.74. The van der Waals surface area contributed by atoms with Gasteiger partial charge in [0.05, 0.1) is 0 Å². The van der Waals surface area contributed by atoms with Crippen molar-refractivity contribution < 1.29 is 14.3 Å². The van der Waals surface area contributed by atoms with Crippen molar-refractivity contribution in [1.29, 1.82) is 0 Å². The number of thioether (sulfide) groups is 1. The molecule has 0 aromatic heterocycles. The molecular weight excluding hydrogens is 274 g/mol. The summed E-state index contributed by atoms with van der Waals surface area (Å²) in [6.07, 6.45) is -0.565. The van der Waals surface area contributed by atoms with E-state index >= 15 is 0 Å². The summed E-state index contributed by atoms with van der Waals surface area (Å²) >= 11 is 1.82. The van der Waals surface area contributed by atoms with E-state index < -0.39 is 6.10 Å². The summed E-state index contributed by atoms with van der Waals surface area (Å²) < 4.78 is 11.4. The van der Waals surface area contributed by atoms with E-state index in [1.807, 2.05) is 36.0 Å². The summed E-state index contributed by atoms with van der Waals surface area (Å²) in [4.78, 5) is 12.0. The number of carbonyl (C=O) groups excluding carboxylic acids is 1. The van der Waals surface area contributed by atoms with Crippen LogP contribution in [0.25, 0.3) is 0 Å². The molecule has 0 saturated heterocycles. The van der Waals surface area contributed by atoms with E-state index in [-0.39, 0.29) is 17.3 Å². The van der Waals surface area contributed by atoms with Gasteiger partial charge in [-0.1, -0.05) is 32.9 Å². The monoisotopic (exact) mass is 295 g/mol. The number of ether oxygens (including phenoxy) is 2. The Morgan fingerprint density at radius 2 is 2.05 bits per heavy atom. The SMILES string of the molecule is CC(C)(C)SCCNC(=O)[C@H]1COc2ccccc2O1. The lowest BCUT2D eigenvalue weighted by Gasteiger charge is -2.25. The van der Waals surface area contributed by atoms with Crippen molar-refractivity contribution in [3.8, 4) is 11.5 Å². The van der Waals surface area contributed by atoms with Crippen molar-refractivity contribution in [1.82, 2.24) is 5.32 Å². The number of carbonyl (C=O) groups is 1. The minimum Gasteiger partial charge on any atom is -0.485 e. The van der Waals surface area contributed by atoms with Crippen molar-refractivity contribution in [2.24, 2.45) is 0 Å². The Hall–Kier alpha value is -1.36. The summed E-state index contributed by atoms with van der Waals surface area (Å²) in [7, 11) is 0. The Morgan fingerprint density at radius 1 is 1.35 bits per heavy atom. The van der Waals surface area contributed by atoms with E-state index in [4.69, 9.17) is 9.47 Å². The molecule has 0 aliphatic carbocycles. The summed E-state index contributed by atoms with van der Waals surface area (Å²) in [5.74, 6) is 2.09. The third-order valence-corrected chi connectivity index (χ3v) is 4.01. The smallest absolute Gasteiger partial charge is 0.264 e. The molecule has 1 heterocycles. The van der Waals surface area contributed by atoms with Gasteiger partial charge in [-0.15, -0.1) is 0 Å². The van der Waals surface area contributed by atoms with Crippen molar-refractivity contribution in [3.63, 3.8) is 0 Å². The molecule has 0 saturated carbocycles. The number of hydrogen-bond acceptors (Lipinski definition) is 4. The number of hydrogen-bond donors (Lipinski definition) is 1. The molecule has 0 unspecified atom stereocenters. The fourth-order valence-electron chi connectivity index (χ4n) is 1.79. The molecule has 1 aliphatic rings. The average molecular weight is 295 g/mol. The van der Waals surface area contributed by atoms with Crippen LogP contribution in [0.4, 0.5) is 0 Å². The molecule has 1 aromatic carbocycles. The second-order valence-electron chi connectivity index (χ2n) is 5.62. The first kappa shape index (κ1) is 15.0. The molecule has 4 nitrogen and oxygen atoms in total. The first-order valence-corrected chi connectivity index (χ1v) is 7.74. The Morgan fingerprint density at radius 3 is 2.75 bits per heavy atom. The lowest BCUT2D eigenvalue weighted by Crippen LogP contribution is -2.44. The highest BCUT2D eigenvalue weighted by molar-refractivity contribution is 8.00. The molecular formula is C15H21NO3S. The van der Waals surface area contributed by atoms with Crippen LogP contribution in [0.1, 0.15) is 20.8 Å². The molecule has 1 N–H and O–H groups in total. The van der Waals surface area contributed by atoms with Crippen molar-refractivity contribution in [2.45, 2.75) is 31.6 Å². The van der Waals surface area contributed by atoms with Crippen LogP contribution in [-0.4, -0.2) is 35.7 Å². The Bertz CT molecular complexity index is 470. The van der Waals surface area contributed by atoms with E-state index in [2.05, 4.69) is 26.1 Å². The fourth-order valence-corrected chi connectivity index (χ4v) is 2.61. The molecule has 0 radical (unpaired) electrons.